The van der Waals surface area contributed by atoms with Crippen molar-refractivity contribution >= 4 is 0 Å². The Morgan fingerprint density at radius 3 is 2.60 bits per heavy atom. The molecule has 0 radical (unpaired) electrons. The minimum atomic E-state index is 0.350. The van der Waals surface area contributed by atoms with Crippen molar-refractivity contribution in [2.75, 3.05) is 13.1 Å². The van der Waals surface area contributed by atoms with Gasteiger partial charge in [0.1, 0.15) is 0 Å². The summed E-state index contributed by atoms with van der Waals surface area (Å²) in [4.78, 5) is 2.61. The van der Waals surface area contributed by atoms with Crippen molar-refractivity contribution in [1.82, 2.24) is 4.90 Å². The van der Waals surface area contributed by atoms with Gasteiger partial charge in [-0.05, 0) is 43.9 Å². The Morgan fingerprint density at radius 1 is 1.53 bits per heavy atom. The van der Waals surface area contributed by atoms with Gasteiger partial charge in [0.2, 0.25) is 0 Å². The van der Waals surface area contributed by atoms with E-state index in [0.717, 1.165) is 13.0 Å². The van der Waals surface area contributed by atoms with Gasteiger partial charge in [-0.3, -0.25) is 4.90 Å². The maximum Gasteiger partial charge on any atom is 0.0464 e. The summed E-state index contributed by atoms with van der Waals surface area (Å²) in [6.07, 6.45) is 5.82. The third kappa shape index (κ3) is 1.50. The largest absolute Gasteiger partial charge is 0.294 e. The van der Waals surface area contributed by atoms with E-state index in [1.165, 1.54) is 36.1 Å². The van der Waals surface area contributed by atoms with Crippen molar-refractivity contribution in [2.45, 2.75) is 38.6 Å². The maximum atomic E-state index is 4.10. The van der Waals surface area contributed by atoms with Crippen molar-refractivity contribution in [1.29, 1.82) is 0 Å². The van der Waals surface area contributed by atoms with Crippen LogP contribution in [0.2, 0.25) is 0 Å². The second-order valence-corrected chi connectivity index (χ2v) is 4.74. The molecule has 0 amide bonds. The standard InChI is InChI=1S/C14H21N/c1-5-13-12(11(3)4)7-10-15(6-2)14(13)8-9-14/h5H,1,3,6-10H2,2,4H3. The average Bonchev–Trinajstić information content (AvgIpc) is 2.98. The Hall–Kier alpha value is -0.820. The Kier molecular flexibility index (Phi) is 2.59. The number of rotatable bonds is 3. The van der Waals surface area contributed by atoms with Crippen LogP contribution < -0.4 is 0 Å². The summed E-state index contributed by atoms with van der Waals surface area (Å²) in [6.45, 7) is 14.8. The highest BCUT2D eigenvalue weighted by Crippen LogP contribution is 2.52. The fraction of sp³-hybridized carbons (Fsp3) is 0.571. The zero-order valence-electron chi connectivity index (χ0n) is 9.97. The zero-order valence-corrected chi connectivity index (χ0v) is 9.97. The van der Waals surface area contributed by atoms with Crippen LogP contribution in [0.5, 0.6) is 0 Å². The molecule has 0 unspecified atom stereocenters. The van der Waals surface area contributed by atoms with E-state index < -0.39 is 0 Å². The summed E-state index contributed by atoms with van der Waals surface area (Å²) in [7, 11) is 0. The quantitative estimate of drug-likeness (QED) is 0.680. The Labute approximate surface area is 93.2 Å². The highest BCUT2D eigenvalue weighted by atomic mass is 15.2. The fourth-order valence-electron chi connectivity index (χ4n) is 2.97. The molecule has 0 saturated heterocycles. The van der Waals surface area contributed by atoms with Crippen LogP contribution in [-0.2, 0) is 0 Å². The number of hydrogen-bond acceptors (Lipinski definition) is 1. The van der Waals surface area contributed by atoms with Gasteiger partial charge >= 0.3 is 0 Å². The molecule has 1 fully saturated rings. The van der Waals surface area contributed by atoms with Gasteiger partial charge in [-0.25, -0.2) is 0 Å². The summed E-state index contributed by atoms with van der Waals surface area (Å²) >= 11 is 0. The molecule has 1 heterocycles. The van der Waals surface area contributed by atoms with E-state index in [0.29, 0.717) is 5.54 Å². The summed E-state index contributed by atoms with van der Waals surface area (Å²) in [5, 5.41) is 0. The van der Waals surface area contributed by atoms with Crippen molar-refractivity contribution < 1.29 is 0 Å². The highest BCUT2D eigenvalue weighted by molar-refractivity contribution is 5.49. The first-order valence-electron chi connectivity index (χ1n) is 5.92. The summed E-state index contributed by atoms with van der Waals surface area (Å²) in [6, 6.07) is 0. The van der Waals surface area contributed by atoms with Crippen molar-refractivity contribution in [2.24, 2.45) is 0 Å². The minimum Gasteiger partial charge on any atom is -0.294 e. The average molecular weight is 203 g/mol. The van der Waals surface area contributed by atoms with Gasteiger partial charge in [0.25, 0.3) is 0 Å². The molecule has 1 aliphatic heterocycles. The first-order valence-corrected chi connectivity index (χ1v) is 5.92. The van der Waals surface area contributed by atoms with Crippen LogP contribution >= 0.6 is 0 Å². The molecule has 2 rings (SSSR count). The molecule has 0 N–H and O–H groups in total. The molecule has 1 nitrogen and oxygen atoms in total. The lowest BCUT2D eigenvalue weighted by molar-refractivity contribution is 0.206. The molecule has 0 atom stereocenters. The zero-order chi connectivity index (χ0) is 11.1. The second kappa shape index (κ2) is 3.64. The van der Waals surface area contributed by atoms with Crippen LogP contribution in [0.4, 0.5) is 0 Å². The molecule has 0 aromatic carbocycles. The number of allylic oxidation sites excluding steroid dienone is 1. The third-order valence-corrected chi connectivity index (χ3v) is 3.89. The number of nitrogens with zero attached hydrogens (tertiary/aromatic N) is 1. The lowest BCUT2D eigenvalue weighted by Gasteiger charge is -2.38. The van der Waals surface area contributed by atoms with Gasteiger partial charge in [-0.1, -0.05) is 31.7 Å². The smallest absolute Gasteiger partial charge is 0.0464 e. The molecule has 0 aromatic heterocycles. The van der Waals surface area contributed by atoms with Crippen molar-refractivity contribution in [3.8, 4) is 0 Å². The Balaban J connectivity index is 2.42. The SMILES string of the molecule is C=CC1=C(C(=C)C)CCN(CC)C12CC2. The van der Waals surface area contributed by atoms with Crippen LogP contribution in [0, 0.1) is 0 Å². The van der Waals surface area contributed by atoms with Crippen molar-refractivity contribution in [3.63, 3.8) is 0 Å². The third-order valence-electron chi connectivity index (χ3n) is 3.89. The lowest BCUT2D eigenvalue weighted by atomic mass is 9.87. The van der Waals surface area contributed by atoms with Crippen LogP contribution in [0.25, 0.3) is 0 Å². The molecule has 1 aliphatic carbocycles. The van der Waals surface area contributed by atoms with Crippen LogP contribution in [0.15, 0.2) is 36.0 Å². The fourth-order valence-corrected chi connectivity index (χ4v) is 2.97. The van der Waals surface area contributed by atoms with Gasteiger partial charge in [0.05, 0.1) is 0 Å². The Morgan fingerprint density at radius 2 is 2.20 bits per heavy atom. The minimum absolute atomic E-state index is 0.350. The molecule has 1 saturated carbocycles. The van der Waals surface area contributed by atoms with E-state index >= 15 is 0 Å². The predicted octanol–water partition coefficient (Wildman–Crippen LogP) is 3.30. The monoisotopic (exact) mass is 203 g/mol. The van der Waals surface area contributed by atoms with Crippen LogP contribution in [0.3, 0.4) is 0 Å². The molecule has 0 bridgehead atoms. The number of hydrogen-bond donors (Lipinski definition) is 0. The Bertz CT molecular complexity index is 331. The molecular weight excluding hydrogens is 182 g/mol. The molecular formula is C14H21N. The molecule has 1 spiro atoms. The molecule has 0 aromatic rings. The van der Waals surface area contributed by atoms with Gasteiger partial charge in [0.15, 0.2) is 0 Å². The van der Waals surface area contributed by atoms with E-state index in [1.54, 1.807) is 0 Å². The first kappa shape index (κ1) is 10.7. The number of likely N-dealkylation sites (N-methyl/N-ethyl adjacent to an activating group) is 1. The van der Waals surface area contributed by atoms with Crippen molar-refractivity contribution in [3.05, 3.63) is 36.0 Å². The predicted molar refractivity (Wildman–Crippen MR) is 65.9 cm³/mol. The normalized spacial score (nSPS) is 24.4. The van der Waals surface area contributed by atoms with Crippen LogP contribution in [0.1, 0.15) is 33.1 Å². The van der Waals surface area contributed by atoms with Gasteiger partial charge in [-0.2, -0.15) is 0 Å². The van der Waals surface area contributed by atoms with E-state index in [2.05, 4.69) is 38.0 Å². The second-order valence-electron chi connectivity index (χ2n) is 4.74. The van der Waals surface area contributed by atoms with Gasteiger partial charge < -0.3 is 0 Å². The van der Waals surface area contributed by atoms with Gasteiger partial charge in [-0.15, -0.1) is 0 Å². The van der Waals surface area contributed by atoms with E-state index in [-0.39, 0.29) is 0 Å². The highest BCUT2D eigenvalue weighted by Gasteiger charge is 2.51. The molecule has 82 valence electrons. The first-order chi connectivity index (χ1) is 7.15. The lowest BCUT2D eigenvalue weighted by Crippen LogP contribution is -2.42. The summed E-state index contributed by atoms with van der Waals surface area (Å²) in [5.74, 6) is 0. The van der Waals surface area contributed by atoms with E-state index in [1.807, 2.05) is 0 Å². The van der Waals surface area contributed by atoms with Crippen LogP contribution in [-0.4, -0.2) is 23.5 Å². The summed E-state index contributed by atoms with van der Waals surface area (Å²) in [5.41, 5.74) is 4.51. The van der Waals surface area contributed by atoms with E-state index in [4.69, 9.17) is 0 Å². The topological polar surface area (TPSA) is 3.24 Å². The molecule has 1 heteroatoms. The molecule has 15 heavy (non-hydrogen) atoms. The maximum absolute atomic E-state index is 4.10. The van der Waals surface area contributed by atoms with E-state index in [9.17, 15) is 0 Å². The molecule has 2 aliphatic rings. The summed E-state index contributed by atoms with van der Waals surface area (Å²) < 4.78 is 0. The van der Waals surface area contributed by atoms with Gasteiger partial charge in [0, 0.05) is 12.1 Å².